The Labute approximate surface area is 90.5 Å². The van der Waals surface area contributed by atoms with E-state index in [4.69, 9.17) is 0 Å². The summed E-state index contributed by atoms with van der Waals surface area (Å²) in [5.41, 5.74) is 0. The maximum atomic E-state index is 11.3. The first-order chi connectivity index (χ1) is 7.17. The van der Waals surface area contributed by atoms with Gasteiger partial charge in [-0.1, -0.05) is 12.2 Å². The molecule has 1 saturated carbocycles. The zero-order valence-corrected chi connectivity index (χ0v) is 9.36. The number of rotatable bonds is 4. The van der Waals surface area contributed by atoms with Crippen LogP contribution in [0.3, 0.4) is 0 Å². The second kappa shape index (κ2) is 5.69. The Morgan fingerprint density at radius 3 is 2.73 bits per heavy atom. The van der Waals surface area contributed by atoms with Crippen molar-refractivity contribution in [1.29, 1.82) is 0 Å². The molecule has 0 aromatic carbocycles. The van der Waals surface area contributed by atoms with Crippen LogP contribution >= 0.6 is 0 Å². The summed E-state index contributed by atoms with van der Waals surface area (Å²) in [6.07, 6.45) is 6.48. The summed E-state index contributed by atoms with van der Waals surface area (Å²) in [7, 11) is 1.39. The van der Waals surface area contributed by atoms with Crippen LogP contribution < -0.4 is 0 Å². The van der Waals surface area contributed by atoms with Crippen molar-refractivity contribution < 1.29 is 14.3 Å². The fourth-order valence-electron chi connectivity index (χ4n) is 2.12. The lowest BCUT2D eigenvalue weighted by Crippen LogP contribution is -2.13. The van der Waals surface area contributed by atoms with E-state index in [2.05, 4.69) is 10.8 Å². The van der Waals surface area contributed by atoms with Crippen molar-refractivity contribution in [3.05, 3.63) is 12.2 Å². The van der Waals surface area contributed by atoms with E-state index in [1.54, 1.807) is 0 Å². The lowest BCUT2D eigenvalue weighted by molar-refractivity contribution is -0.142. The summed E-state index contributed by atoms with van der Waals surface area (Å²) in [6.45, 7) is 1.96. The smallest absolute Gasteiger partial charge is 0.305 e. The Bertz CT molecular complexity index is 268. The molecule has 1 fully saturated rings. The van der Waals surface area contributed by atoms with E-state index in [1.807, 2.05) is 13.0 Å². The summed E-state index contributed by atoms with van der Waals surface area (Å²) in [5.74, 6) is 0.576. The van der Waals surface area contributed by atoms with Crippen LogP contribution in [0.4, 0.5) is 0 Å². The van der Waals surface area contributed by atoms with Gasteiger partial charge in [-0.05, 0) is 25.2 Å². The van der Waals surface area contributed by atoms with E-state index in [0.29, 0.717) is 25.2 Å². The molecular weight excluding hydrogens is 192 g/mol. The number of allylic oxidation sites excluding steroid dienone is 2. The monoisotopic (exact) mass is 210 g/mol. The van der Waals surface area contributed by atoms with E-state index >= 15 is 0 Å². The zero-order valence-electron chi connectivity index (χ0n) is 9.36. The van der Waals surface area contributed by atoms with Gasteiger partial charge in [-0.15, -0.1) is 0 Å². The van der Waals surface area contributed by atoms with Crippen LogP contribution in [-0.4, -0.2) is 18.9 Å². The second-order valence-electron chi connectivity index (χ2n) is 4.05. The molecule has 0 spiro atoms. The number of ether oxygens (including phenoxy) is 1. The number of esters is 1. The highest BCUT2D eigenvalue weighted by molar-refractivity contribution is 5.82. The summed E-state index contributed by atoms with van der Waals surface area (Å²) >= 11 is 0. The van der Waals surface area contributed by atoms with Crippen LogP contribution in [0.15, 0.2) is 12.2 Å². The van der Waals surface area contributed by atoms with Gasteiger partial charge in [0, 0.05) is 19.3 Å². The highest BCUT2D eigenvalue weighted by Crippen LogP contribution is 2.34. The van der Waals surface area contributed by atoms with E-state index < -0.39 is 0 Å². The van der Waals surface area contributed by atoms with E-state index in [-0.39, 0.29) is 17.7 Å². The summed E-state index contributed by atoms with van der Waals surface area (Å²) in [5, 5.41) is 0. The molecule has 1 aliphatic carbocycles. The predicted octanol–water partition coefficient (Wildman–Crippen LogP) is 2.11. The Hall–Kier alpha value is -1.12. The molecule has 0 amide bonds. The Balaban J connectivity index is 2.52. The van der Waals surface area contributed by atoms with Crippen LogP contribution in [0.5, 0.6) is 0 Å². The Morgan fingerprint density at radius 2 is 2.13 bits per heavy atom. The molecule has 1 aliphatic rings. The van der Waals surface area contributed by atoms with Gasteiger partial charge in [-0.2, -0.15) is 0 Å². The van der Waals surface area contributed by atoms with Crippen molar-refractivity contribution in [2.75, 3.05) is 7.11 Å². The second-order valence-corrected chi connectivity index (χ2v) is 4.05. The third-order valence-corrected chi connectivity index (χ3v) is 2.98. The van der Waals surface area contributed by atoms with Gasteiger partial charge in [0.05, 0.1) is 7.11 Å². The van der Waals surface area contributed by atoms with Gasteiger partial charge in [0.15, 0.2) is 0 Å². The minimum absolute atomic E-state index is 0.182. The topological polar surface area (TPSA) is 43.4 Å². The van der Waals surface area contributed by atoms with Gasteiger partial charge in [0.2, 0.25) is 0 Å². The molecule has 0 aliphatic heterocycles. The van der Waals surface area contributed by atoms with Crippen molar-refractivity contribution in [3.63, 3.8) is 0 Å². The standard InChI is InChI=1S/C12H18O3/c1-3-4-5-9-6-11(13)7-10(9)8-12(14)15-2/h3-4,9-10H,5-8H2,1-2H3. The number of hydrogen-bond acceptors (Lipinski definition) is 3. The first-order valence-corrected chi connectivity index (χ1v) is 5.37. The van der Waals surface area contributed by atoms with Crippen LogP contribution in [0.2, 0.25) is 0 Å². The van der Waals surface area contributed by atoms with E-state index in [9.17, 15) is 9.59 Å². The first-order valence-electron chi connectivity index (χ1n) is 5.37. The average Bonchev–Trinajstić information content (AvgIpc) is 2.55. The maximum absolute atomic E-state index is 11.3. The molecule has 0 N–H and O–H groups in total. The van der Waals surface area contributed by atoms with Crippen LogP contribution in [-0.2, 0) is 14.3 Å². The lowest BCUT2D eigenvalue weighted by atomic mass is 9.90. The molecule has 0 radical (unpaired) electrons. The maximum Gasteiger partial charge on any atom is 0.305 e. The molecule has 84 valence electrons. The third-order valence-electron chi connectivity index (χ3n) is 2.98. The van der Waals surface area contributed by atoms with Crippen molar-refractivity contribution in [3.8, 4) is 0 Å². The molecule has 0 bridgehead atoms. The molecular formula is C12H18O3. The lowest BCUT2D eigenvalue weighted by Gasteiger charge is -2.15. The van der Waals surface area contributed by atoms with E-state index in [0.717, 1.165) is 6.42 Å². The number of Topliss-reactive ketones (excluding diaryl/α,β-unsaturated/α-hetero) is 1. The van der Waals surface area contributed by atoms with Crippen LogP contribution in [0, 0.1) is 11.8 Å². The number of hydrogen-bond donors (Lipinski definition) is 0. The number of methoxy groups -OCH3 is 1. The van der Waals surface area contributed by atoms with Gasteiger partial charge in [0.25, 0.3) is 0 Å². The van der Waals surface area contributed by atoms with Gasteiger partial charge in [0.1, 0.15) is 5.78 Å². The average molecular weight is 210 g/mol. The highest BCUT2D eigenvalue weighted by Gasteiger charge is 2.33. The predicted molar refractivity (Wildman–Crippen MR) is 57.3 cm³/mol. The van der Waals surface area contributed by atoms with Gasteiger partial charge >= 0.3 is 5.97 Å². The number of ketones is 1. The summed E-state index contributed by atoms with van der Waals surface area (Å²) < 4.78 is 4.63. The Morgan fingerprint density at radius 1 is 1.47 bits per heavy atom. The van der Waals surface area contributed by atoms with Crippen molar-refractivity contribution in [1.82, 2.24) is 0 Å². The first kappa shape index (κ1) is 12.0. The molecule has 0 aromatic heterocycles. The van der Waals surface area contributed by atoms with Gasteiger partial charge in [-0.3, -0.25) is 9.59 Å². The third kappa shape index (κ3) is 3.50. The van der Waals surface area contributed by atoms with E-state index in [1.165, 1.54) is 7.11 Å². The summed E-state index contributed by atoms with van der Waals surface area (Å²) in [6, 6.07) is 0. The quantitative estimate of drug-likeness (QED) is 0.527. The molecule has 0 aromatic rings. The largest absolute Gasteiger partial charge is 0.469 e. The fourth-order valence-corrected chi connectivity index (χ4v) is 2.12. The van der Waals surface area contributed by atoms with Crippen LogP contribution in [0.25, 0.3) is 0 Å². The van der Waals surface area contributed by atoms with Gasteiger partial charge in [-0.25, -0.2) is 0 Å². The molecule has 3 heteroatoms. The number of carbonyl (C=O) groups excluding carboxylic acids is 2. The minimum atomic E-state index is -0.208. The normalized spacial score (nSPS) is 26.1. The highest BCUT2D eigenvalue weighted by atomic mass is 16.5. The fraction of sp³-hybridized carbons (Fsp3) is 0.667. The Kier molecular flexibility index (Phi) is 4.53. The summed E-state index contributed by atoms with van der Waals surface area (Å²) in [4.78, 5) is 22.5. The molecule has 2 unspecified atom stereocenters. The van der Waals surface area contributed by atoms with Crippen molar-refractivity contribution >= 4 is 11.8 Å². The van der Waals surface area contributed by atoms with Crippen molar-refractivity contribution in [2.24, 2.45) is 11.8 Å². The molecule has 3 nitrogen and oxygen atoms in total. The molecule has 15 heavy (non-hydrogen) atoms. The molecule has 2 atom stereocenters. The molecule has 0 heterocycles. The van der Waals surface area contributed by atoms with Gasteiger partial charge < -0.3 is 4.74 Å². The zero-order chi connectivity index (χ0) is 11.3. The van der Waals surface area contributed by atoms with Crippen molar-refractivity contribution in [2.45, 2.75) is 32.6 Å². The number of carbonyl (C=O) groups is 2. The molecule has 0 saturated heterocycles. The SMILES string of the molecule is CC=CCC1CC(=O)CC1CC(=O)OC. The van der Waals surface area contributed by atoms with Crippen LogP contribution in [0.1, 0.15) is 32.6 Å². The molecule has 1 rings (SSSR count). The minimum Gasteiger partial charge on any atom is -0.469 e.